The quantitative estimate of drug-likeness (QED) is 0.845. The molecule has 0 radical (unpaired) electrons. The summed E-state index contributed by atoms with van der Waals surface area (Å²) in [6.45, 7) is 0.906. The fourth-order valence-corrected chi connectivity index (χ4v) is 3.50. The summed E-state index contributed by atoms with van der Waals surface area (Å²) in [6.07, 6.45) is 1.31. The van der Waals surface area contributed by atoms with Crippen LogP contribution in [0.1, 0.15) is 32.1 Å². The normalized spacial score (nSPS) is 25.6. The van der Waals surface area contributed by atoms with Crippen LogP contribution in [0, 0.1) is 0 Å². The van der Waals surface area contributed by atoms with Crippen LogP contribution >= 0.6 is 11.6 Å². The zero-order valence-electron chi connectivity index (χ0n) is 13.4. The molecule has 0 aromatic carbocycles. The van der Waals surface area contributed by atoms with Crippen molar-refractivity contribution in [1.82, 2.24) is 15.5 Å². The number of ether oxygens (including phenoxy) is 1. The van der Waals surface area contributed by atoms with Gasteiger partial charge in [0.15, 0.2) is 0 Å². The highest BCUT2D eigenvalue weighted by Gasteiger charge is 2.37. The van der Waals surface area contributed by atoms with Gasteiger partial charge in [0, 0.05) is 31.8 Å². The number of hydrogen-bond donors (Lipinski definition) is 2. The monoisotopic (exact) mass is 376 g/mol. The SMILES string of the molecule is O=C(NC1CCCC(F)(F)C1)O[C@@H]1CCN(c2cn[nH]c(=O)c2Cl)C1. The third kappa shape index (κ3) is 4.39. The largest absolute Gasteiger partial charge is 0.444 e. The second-order valence-corrected chi connectivity index (χ2v) is 6.83. The lowest BCUT2D eigenvalue weighted by atomic mass is 9.92. The highest BCUT2D eigenvalue weighted by molar-refractivity contribution is 6.33. The number of anilines is 1. The second-order valence-electron chi connectivity index (χ2n) is 6.45. The molecular formula is C15H19ClF2N4O3. The smallest absolute Gasteiger partial charge is 0.407 e. The van der Waals surface area contributed by atoms with E-state index in [9.17, 15) is 18.4 Å². The van der Waals surface area contributed by atoms with Crippen LogP contribution in [0.2, 0.25) is 5.02 Å². The molecule has 1 saturated carbocycles. The van der Waals surface area contributed by atoms with E-state index in [1.54, 1.807) is 4.90 Å². The molecule has 1 saturated heterocycles. The summed E-state index contributed by atoms with van der Waals surface area (Å²) in [4.78, 5) is 25.3. The Labute approximate surface area is 147 Å². The molecule has 1 amide bonds. The maximum absolute atomic E-state index is 13.4. The molecule has 7 nitrogen and oxygen atoms in total. The number of hydrogen-bond acceptors (Lipinski definition) is 5. The fraction of sp³-hybridized carbons (Fsp3) is 0.667. The zero-order valence-corrected chi connectivity index (χ0v) is 14.2. The predicted octanol–water partition coefficient (Wildman–Crippen LogP) is 2.31. The summed E-state index contributed by atoms with van der Waals surface area (Å²) >= 11 is 5.97. The fourth-order valence-electron chi connectivity index (χ4n) is 3.28. The van der Waals surface area contributed by atoms with Crippen molar-refractivity contribution in [3.05, 3.63) is 21.6 Å². The third-order valence-electron chi connectivity index (χ3n) is 4.50. The number of alkyl carbamates (subject to hydrolysis) is 1. The molecule has 1 aromatic rings. The van der Waals surface area contributed by atoms with Crippen LogP contribution in [0.4, 0.5) is 19.3 Å². The minimum atomic E-state index is -2.73. The second kappa shape index (κ2) is 7.15. The molecule has 25 heavy (non-hydrogen) atoms. The van der Waals surface area contributed by atoms with Gasteiger partial charge in [0.2, 0.25) is 5.92 Å². The van der Waals surface area contributed by atoms with Crippen LogP contribution in [0.25, 0.3) is 0 Å². The highest BCUT2D eigenvalue weighted by atomic mass is 35.5. The standard InChI is InChI=1S/C15H19ClF2N4O3/c16-12-11(7-19-21-13(12)23)22-5-3-10(8-22)25-14(24)20-9-2-1-4-15(17,18)6-9/h7,9-10H,1-6,8H2,(H,20,24)(H,21,23)/t9?,10-/m1/s1. The topological polar surface area (TPSA) is 87.3 Å². The summed E-state index contributed by atoms with van der Waals surface area (Å²) in [5, 5.41) is 8.51. The van der Waals surface area contributed by atoms with Gasteiger partial charge in [-0.05, 0) is 12.8 Å². The molecule has 2 fully saturated rings. The molecule has 10 heteroatoms. The van der Waals surface area contributed by atoms with Crippen LogP contribution in [-0.2, 0) is 4.74 Å². The molecule has 0 spiro atoms. The molecule has 1 aliphatic carbocycles. The van der Waals surface area contributed by atoms with Crippen molar-refractivity contribution in [2.75, 3.05) is 18.0 Å². The molecule has 3 rings (SSSR count). The Morgan fingerprint density at radius 3 is 3.04 bits per heavy atom. The minimum Gasteiger partial charge on any atom is -0.444 e. The van der Waals surface area contributed by atoms with E-state index in [1.807, 2.05) is 0 Å². The number of aromatic amines is 1. The van der Waals surface area contributed by atoms with E-state index in [-0.39, 0.29) is 17.9 Å². The molecule has 2 aliphatic rings. The van der Waals surface area contributed by atoms with Crippen molar-refractivity contribution >= 4 is 23.4 Å². The van der Waals surface area contributed by atoms with Gasteiger partial charge in [-0.15, -0.1) is 0 Å². The van der Waals surface area contributed by atoms with Crippen molar-refractivity contribution in [2.45, 2.75) is 50.2 Å². The van der Waals surface area contributed by atoms with Crippen molar-refractivity contribution in [2.24, 2.45) is 0 Å². The lowest BCUT2D eigenvalue weighted by Gasteiger charge is -2.29. The molecule has 1 aliphatic heterocycles. The number of amides is 1. The number of alkyl halides is 2. The van der Waals surface area contributed by atoms with E-state index < -0.39 is 29.7 Å². The Morgan fingerprint density at radius 2 is 2.28 bits per heavy atom. The Hall–Kier alpha value is -1.90. The van der Waals surface area contributed by atoms with Gasteiger partial charge in [-0.2, -0.15) is 5.10 Å². The molecular weight excluding hydrogens is 358 g/mol. The van der Waals surface area contributed by atoms with Crippen LogP contribution < -0.4 is 15.8 Å². The van der Waals surface area contributed by atoms with Gasteiger partial charge in [-0.3, -0.25) is 4.79 Å². The van der Waals surface area contributed by atoms with Crippen molar-refractivity contribution < 1.29 is 18.3 Å². The van der Waals surface area contributed by atoms with E-state index in [0.717, 1.165) is 0 Å². The van der Waals surface area contributed by atoms with Gasteiger partial charge < -0.3 is 15.0 Å². The van der Waals surface area contributed by atoms with Gasteiger partial charge in [0.1, 0.15) is 11.1 Å². The lowest BCUT2D eigenvalue weighted by molar-refractivity contribution is -0.0439. The van der Waals surface area contributed by atoms with E-state index in [4.69, 9.17) is 16.3 Å². The van der Waals surface area contributed by atoms with Crippen molar-refractivity contribution in [1.29, 1.82) is 0 Å². The maximum Gasteiger partial charge on any atom is 0.407 e. The number of carbonyl (C=O) groups is 1. The Kier molecular flexibility index (Phi) is 5.12. The first kappa shape index (κ1) is 17.9. The number of rotatable bonds is 3. The van der Waals surface area contributed by atoms with Crippen LogP contribution in [0.5, 0.6) is 0 Å². The van der Waals surface area contributed by atoms with Gasteiger partial charge in [-0.1, -0.05) is 11.6 Å². The maximum atomic E-state index is 13.4. The molecule has 1 unspecified atom stereocenters. The van der Waals surface area contributed by atoms with Crippen molar-refractivity contribution in [3.8, 4) is 0 Å². The van der Waals surface area contributed by atoms with Gasteiger partial charge in [-0.25, -0.2) is 18.7 Å². The molecule has 2 atom stereocenters. The minimum absolute atomic E-state index is 0.0320. The molecule has 138 valence electrons. The Balaban J connectivity index is 1.52. The van der Waals surface area contributed by atoms with Crippen LogP contribution in [0.15, 0.2) is 11.0 Å². The highest BCUT2D eigenvalue weighted by Crippen LogP contribution is 2.33. The zero-order chi connectivity index (χ0) is 18.0. The molecule has 0 bridgehead atoms. The summed E-state index contributed by atoms with van der Waals surface area (Å²) in [5.41, 5.74) is -0.0108. The number of nitrogens with zero attached hydrogens (tertiary/aromatic N) is 2. The van der Waals surface area contributed by atoms with E-state index in [1.165, 1.54) is 6.20 Å². The number of nitrogens with one attached hydrogen (secondary N) is 2. The number of halogens is 3. The van der Waals surface area contributed by atoms with Crippen LogP contribution in [-0.4, -0.2) is 47.4 Å². The Morgan fingerprint density at radius 1 is 1.48 bits per heavy atom. The summed E-state index contributed by atoms with van der Waals surface area (Å²) < 4.78 is 32.1. The average Bonchev–Trinajstić information content (AvgIpc) is 2.97. The first-order valence-electron chi connectivity index (χ1n) is 8.17. The van der Waals surface area contributed by atoms with E-state index in [0.29, 0.717) is 38.0 Å². The van der Waals surface area contributed by atoms with Gasteiger partial charge in [0.05, 0.1) is 18.4 Å². The van der Waals surface area contributed by atoms with Gasteiger partial charge >= 0.3 is 6.09 Å². The number of carbonyl (C=O) groups excluding carboxylic acids is 1. The summed E-state index contributed by atoms with van der Waals surface area (Å²) in [6, 6.07) is -0.569. The first-order chi connectivity index (χ1) is 11.8. The predicted molar refractivity (Wildman–Crippen MR) is 87.3 cm³/mol. The summed E-state index contributed by atoms with van der Waals surface area (Å²) in [5.74, 6) is -2.73. The molecule has 2 N–H and O–H groups in total. The molecule has 2 heterocycles. The third-order valence-corrected chi connectivity index (χ3v) is 4.86. The van der Waals surface area contributed by atoms with E-state index in [2.05, 4.69) is 15.5 Å². The Bertz CT molecular complexity index is 700. The molecule has 1 aromatic heterocycles. The summed E-state index contributed by atoms with van der Waals surface area (Å²) in [7, 11) is 0. The number of aromatic nitrogens is 2. The number of H-pyrrole nitrogens is 1. The first-order valence-corrected chi connectivity index (χ1v) is 8.55. The average molecular weight is 377 g/mol. The van der Waals surface area contributed by atoms with Crippen LogP contribution in [0.3, 0.4) is 0 Å². The lowest BCUT2D eigenvalue weighted by Crippen LogP contribution is -2.43. The van der Waals surface area contributed by atoms with Crippen molar-refractivity contribution in [3.63, 3.8) is 0 Å². The van der Waals surface area contributed by atoms with E-state index >= 15 is 0 Å². The van der Waals surface area contributed by atoms with Gasteiger partial charge in [0.25, 0.3) is 5.56 Å².